The highest BCUT2D eigenvalue weighted by atomic mass is 16.5. The van der Waals surface area contributed by atoms with Gasteiger partial charge >= 0.3 is 0 Å². The van der Waals surface area contributed by atoms with Gasteiger partial charge in [-0.1, -0.05) is 0 Å². The molecule has 0 bridgehead atoms. The molecule has 0 aromatic carbocycles. The van der Waals surface area contributed by atoms with E-state index in [0.717, 1.165) is 19.4 Å². The molecule has 2 aliphatic heterocycles. The summed E-state index contributed by atoms with van der Waals surface area (Å²) in [6.07, 6.45) is 2.96. The van der Waals surface area contributed by atoms with Gasteiger partial charge in [-0.15, -0.1) is 0 Å². The van der Waals surface area contributed by atoms with E-state index in [-0.39, 0.29) is 5.92 Å². The van der Waals surface area contributed by atoms with E-state index in [1.165, 1.54) is 0 Å². The molecule has 18 heavy (non-hydrogen) atoms. The van der Waals surface area contributed by atoms with Gasteiger partial charge in [-0.2, -0.15) is 0 Å². The Morgan fingerprint density at radius 1 is 1.44 bits per heavy atom. The highest BCUT2D eigenvalue weighted by Crippen LogP contribution is 2.36. The predicted octanol–water partition coefficient (Wildman–Crippen LogP) is 1.01. The number of aliphatic hydroxyl groups is 2. The number of rotatable bonds is 3. The number of β-amino-alcohol motifs (C(OH)–C–C–N with tert-alkyl or cyclic N) is 1. The summed E-state index contributed by atoms with van der Waals surface area (Å²) in [5, 5.41) is 20.5. The minimum Gasteiger partial charge on any atom is -0.390 e. The molecule has 2 rings (SSSR count). The van der Waals surface area contributed by atoms with Gasteiger partial charge in [0.1, 0.15) is 0 Å². The Morgan fingerprint density at radius 2 is 2.17 bits per heavy atom. The molecule has 4 heteroatoms. The lowest BCUT2D eigenvalue weighted by molar-refractivity contribution is -0.127. The minimum absolute atomic E-state index is 0.163. The molecule has 0 saturated carbocycles. The van der Waals surface area contributed by atoms with Crippen LogP contribution < -0.4 is 0 Å². The molecule has 2 heterocycles. The second-order valence-electron chi connectivity index (χ2n) is 6.78. The first kappa shape index (κ1) is 14.3. The second kappa shape index (κ2) is 5.08. The van der Waals surface area contributed by atoms with Crippen LogP contribution in [0.1, 0.15) is 40.0 Å². The van der Waals surface area contributed by atoms with Crippen molar-refractivity contribution in [1.29, 1.82) is 0 Å². The van der Waals surface area contributed by atoms with E-state index < -0.39 is 11.2 Å². The van der Waals surface area contributed by atoms with E-state index in [4.69, 9.17) is 4.74 Å². The zero-order valence-electron chi connectivity index (χ0n) is 11.9. The lowest BCUT2D eigenvalue weighted by Gasteiger charge is -2.44. The van der Waals surface area contributed by atoms with Crippen molar-refractivity contribution in [1.82, 2.24) is 4.90 Å². The van der Waals surface area contributed by atoms with Gasteiger partial charge in [-0.05, 0) is 46.6 Å². The Balaban J connectivity index is 2.06. The zero-order chi connectivity index (χ0) is 13.4. The van der Waals surface area contributed by atoms with Gasteiger partial charge in [0.05, 0.1) is 17.8 Å². The number of hydrogen-bond acceptors (Lipinski definition) is 4. The maximum atomic E-state index is 10.5. The molecule has 2 saturated heterocycles. The van der Waals surface area contributed by atoms with Crippen LogP contribution in [0.5, 0.6) is 0 Å². The van der Waals surface area contributed by atoms with E-state index in [9.17, 15) is 10.2 Å². The van der Waals surface area contributed by atoms with E-state index in [2.05, 4.69) is 4.90 Å². The Hall–Kier alpha value is -0.160. The number of hydrogen-bond donors (Lipinski definition) is 2. The van der Waals surface area contributed by atoms with Crippen molar-refractivity contribution in [3.05, 3.63) is 0 Å². The lowest BCUT2D eigenvalue weighted by atomic mass is 9.79. The first-order valence-electron chi connectivity index (χ1n) is 7.06. The Labute approximate surface area is 110 Å². The summed E-state index contributed by atoms with van der Waals surface area (Å²) < 4.78 is 5.56. The van der Waals surface area contributed by atoms with Crippen LogP contribution in [0.15, 0.2) is 0 Å². The maximum Gasteiger partial charge on any atom is 0.0718 e. The van der Waals surface area contributed by atoms with Crippen LogP contribution in [0.25, 0.3) is 0 Å². The lowest BCUT2D eigenvalue weighted by Crippen LogP contribution is -2.54. The van der Waals surface area contributed by atoms with Gasteiger partial charge < -0.3 is 14.9 Å². The summed E-state index contributed by atoms with van der Waals surface area (Å²) in [5.74, 6) is 0.163. The average molecular weight is 257 g/mol. The summed E-state index contributed by atoms with van der Waals surface area (Å²) in [6, 6.07) is 0.340. The first-order valence-corrected chi connectivity index (χ1v) is 7.06. The van der Waals surface area contributed by atoms with Crippen molar-refractivity contribution in [2.24, 2.45) is 5.92 Å². The molecule has 0 aromatic rings. The van der Waals surface area contributed by atoms with E-state index in [1.807, 2.05) is 20.8 Å². The molecule has 4 nitrogen and oxygen atoms in total. The molecular formula is C14H27NO3. The fourth-order valence-corrected chi connectivity index (χ4v) is 3.38. The summed E-state index contributed by atoms with van der Waals surface area (Å²) in [7, 11) is 0. The fraction of sp³-hybridized carbons (Fsp3) is 1.00. The normalized spacial score (nSPS) is 39.2. The molecule has 0 aromatic heterocycles. The van der Waals surface area contributed by atoms with Crippen LogP contribution in [-0.4, -0.2) is 58.7 Å². The molecule has 2 aliphatic rings. The Morgan fingerprint density at radius 3 is 2.78 bits per heavy atom. The standard InChI is InChI=1S/C14H27NO3/c1-13(2,16)10-15-7-4-5-12(15)11-9-18-8-6-14(11,3)17/h11-12,16-17H,4-10H2,1-3H3/t11-,12-,14+/m1/s1. The number of likely N-dealkylation sites (tertiary alicyclic amines) is 1. The van der Waals surface area contributed by atoms with Crippen molar-refractivity contribution < 1.29 is 14.9 Å². The van der Waals surface area contributed by atoms with Gasteiger partial charge in [0.25, 0.3) is 0 Å². The third kappa shape index (κ3) is 3.23. The Bertz CT molecular complexity index is 285. The maximum absolute atomic E-state index is 10.5. The van der Waals surface area contributed by atoms with Crippen molar-refractivity contribution in [3.8, 4) is 0 Å². The van der Waals surface area contributed by atoms with Crippen LogP contribution in [0.3, 0.4) is 0 Å². The van der Waals surface area contributed by atoms with Gasteiger partial charge in [-0.25, -0.2) is 0 Å². The fourth-order valence-electron chi connectivity index (χ4n) is 3.38. The molecule has 0 aliphatic carbocycles. The molecule has 0 amide bonds. The monoisotopic (exact) mass is 257 g/mol. The summed E-state index contributed by atoms with van der Waals surface area (Å²) in [6.45, 7) is 8.60. The van der Waals surface area contributed by atoms with Crippen LogP contribution in [0, 0.1) is 5.92 Å². The van der Waals surface area contributed by atoms with E-state index >= 15 is 0 Å². The molecule has 0 spiro atoms. The van der Waals surface area contributed by atoms with E-state index in [0.29, 0.717) is 32.2 Å². The van der Waals surface area contributed by atoms with Crippen molar-refractivity contribution in [2.75, 3.05) is 26.3 Å². The first-order chi connectivity index (χ1) is 8.30. The molecular weight excluding hydrogens is 230 g/mol. The molecule has 3 atom stereocenters. The summed E-state index contributed by atoms with van der Waals surface area (Å²) in [5.41, 5.74) is -1.31. The Kier molecular flexibility index (Phi) is 4.02. The smallest absolute Gasteiger partial charge is 0.0718 e. The highest BCUT2D eigenvalue weighted by molar-refractivity contribution is 4.97. The number of nitrogens with zero attached hydrogens (tertiary/aromatic N) is 1. The van der Waals surface area contributed by atoms with Crippen LogP contribution >= 0.6 is 0 Å². The third-order valence-corrected chi connectivity index (χ3v) is 4.32. The average Bonchev–Trinajstić information content (AvgIpc) is 2.62. The summed E-state index contributed by atoms with van der Waals surface area (Å²) >= 11 is 0. The second-order valence-corrected chi connectivity index (χ2v) is 6.78. The van der Waals surface area contributed by atoms with Gasteiger partial charge in [0.15, 0.2) is 0 Å². The van der Waals surface area contributed by atoms with Gasteiger partial charge in [-0.3, -0.25) is 4.90 Å². The van der Waals surface area contributed by atoms with E-state index in [1.54, 1.807) is 0 Å². The zero-order valence-corrected chi connectivity index (χ0v) is 11.9. The van der Waals surface area contributed by atoms with Gasteiger partial charge in [0.2, 0.25) is 0 Å². The quantitative estimate of drug-likeness (QED) is 0.792. The summed E-state index contributed by atoms with van der Waals surface area (Å²) in [4.78, 5) is 2.33. The van der Waals surface area contributed by atoms with Gasteiger partial charge in [0, 0.05) is 25.1 Å². The van der Waals surface area contributed by atoms with Crippen LogP contribution in [0.2, 0.25) is 0 Å². The highest BCUT2D eigenvalue weighted by Gasteiger charge is 2.44. The van der Waals surface area contributed by atoms with Crippen molar-refractivity contribution in [2.45, 2.75) is 57.3 Å². The predicted molar refractivity (Wildman–Crippen MR) is 70.4 cm³/mol. The van der Waals surface area contributed by atoms with Crippen LogP contribution in [0.4, 0.5) is 0 Å². The SMILES string of the molecule is CC(C)(O)CN1CCC[C@@H]1[C@H]1COCC[C@]1(C)O. The molecule has 0 radical (unpaired) electrons. The van der Waals surface area contributed by atoms with Crippen molar-refractivity contribution in [3.63, 3.8) is 0 Å². The third-order valence-electron chi connectivity index (χ3n) is 4.32. The molecule has 106 valence electrons. The number of ether oxygens (including phenoxy) is 1. The minimum atomic E-state index is -0.677. The van der Waals surface area contributed by atoms with Crippen LogP contribution in [-0.2, 0) is 4.74 Å². The molecule has 0 unspecified atom stereocenters. The van der Waals surface area contributed by atoms with Crippen molar-refractivity contribution >= 4 is 0 Å². The molecule has 2 N–H and O–H groups in total. The topological polar surface area (TPSA) is 52.9 Å². The molecule has 2 fully saturated rings. The largest absolute Gasteiger partial charge is 0.390 e.